The Balaban J connectivity index is 2.51. The van der Waals surface area contributed by atoms with Gasteiger partial charge in [0.2, 0.25) is 16.0 Å². The number of nitrogens with zero attached hydrogens (tertiary/aromatic N) is 2. The first-order chi connectivity index (χ1) is 7.92. The Morgan fingerprint density at radius 2 is 2.12 bits per heavy atom. The van der Waals surface area contributed by atoms with E-state index in [1.165, 1.54) is 0 Å². The number of rotatable bonds is 6. The zero-order valence-corrected chi connectivity index (χ0v) is 11.9. The molecular formula is C8H14BrN5O2S. The second-order valence-electron chi connectivity index (χ2n) is 3.23. The summed E-state index contributed by atoms with van der Waals surface area (Å²) >= 11 is 3.30. The molecule has 0 fully saturated rings. The molecule has 7 nitrogen and oxygen atoms in total. The maximum Gasteiger partial charge on any atom is 0.224 e. The Morgan fingerprint density at radius 1 is 1.41 bits per heavy atom. The van der Waals surface area contributed by atoms with Gasteiger partial charge in [0.25, 0.3) is 0 Å². The summed E-state index contributed by atoms with van der Waals surface area (Å²) in [6, 6.07) is 0. The van der Waals surface area contributed by atoms with Gasteiger partial charge in [-0.3, -0.25) is 0 Å². The van der Waals surface area contributed by atoms with Crippen molar-refractivity contribution in [2.24, 2.45) is 0 Å². The van der Waals surface area contributed by atoms with Crippen LogP contribution in [0.5, 0.6) is 0 Å². The highest BCUT2D eigenvalue weighted by atomic mass is 79.9. The molecule has 0 saturated heterocycles. The van der Waals surface area contributed by atoms with E-state index in [0.29, 0.717) is 24.9 Å². The number of hydrogen-bond donors (Lipinski definition) is 3. The smallest absolute Gasteiger partial charge is 0.224 e. The Morgan fingerprint density at radius 3 is 2.71 bits per heavy atom. The standard InChI is InChI=1S/C8H14BrN5O2S/c1-10-8-12-5-6(9)7(14-8)11-3-4-13-17(2,15)16/h5,13H,3-4H2,1-2H3,(H2,10,11,12,14). The van der Waals surface area contributed by atoms with E-state index >= 15 is 0 Å². The molecule has 0 aromatic carbocycles. The van der Waals surface area contributed by atoms with Crippen molar-refractivity contribution in [3.63, 3.8) is 0 Å². The summed E-state index contributed by atoms with van der Waals surface area (Å²) in [6.45, 7) is 0.732. The normalized spacial score (nSPS) is 11.2. The minimum Gasteiger partial charge on any atom is -0.368 e. The molecule has 0 aliphatic heterocycles. The lowest BCUT2D eigenvalue weighted by Gasteiger charge is -2.08. The quantitative estimate of drug-likeness (QED) is 0.649. The molecule has 0 amide bonds. The van der Waals surface area contributed by atoms with Gasteiger partial charge in [0, 0.05) is 26.3 Å². The molecule has 0 aliphatic carbocycles. The lowest BCUT2D eigenvalue weighted by molar-refractivity contribution is 0.589. The molecule has 1 heterocycles. The van der Waals surface area contributed by atoms with E-state index in [0.717, 1.165) is 10.7 Å². The van der Waals surface area contributed by atoms with E-state index in [1.807, 2.05) is 0 Å². The van der Waals surface area contributed by atoms with Crippen molar-refractivity contribution in [1.82, 2.24) is 14.7 Å². The van der Waals surface area contributed by atoms with Crippen molar-refractivity contribution in [1.29, 1.82) is 0 Å². The predicted molar refractivity (Wildman–Crippen MR) is 70.6 cm³/mol. The van der Waals surface area contributed by atoms with Crippen molar-refractivity contribution in [3.05, 3.63) is 10.7 Å². The van der Waals surface area contributed by atoms with Gasteiger partial charge in [-0.1, -0.05) is 0 Å². The van der Waals surface area contributed by atoms with Crippen LogP contribution in [0.2, 0.25) is 0 Å². The van der Waals surface area contributed by atoms with Gasteiger partial charge in [0.1, 0.15) is 5.82 Å². The third-order valence-corrected chi connectivity index (χ3v) is 3.06. The molecule has 0 radical (unpaired) electrons. The van der Waals surface area contributed by atoms with Crippen molar-refractivity contribution < 1.29 is 8.42 Å². The number of sulfonamides is 1. The lowest BCUT2D eigenvalue weighted by Crippen LogP contribution is -2.27. The highest BCUT2D eigenvalue weighted by Gasteiger charge is 2.04. The van der Waals surface area contributed by atoms with Gasteiger partial charge in [-0.15, -0.1) is 0 Å². The molecule has 0 bridgehead atoms. The molecule has 1 aromatic rings. The van der Waals surface area contributed by atoms with Gasteiger partial charge in [-0.05, 0) is 15.9 Å². The van der Waals surface area contributed by atoms with Gasteiger partial charge in [-0.2, -0.15) is 4.98 Å². The zero-order valence-electron chi connectivity index (χ0n) is 9.49. The number of anilines is 2. The summed E-state index contributed by atoms with van der Waals surface area (Å²) in [5.41, 5.74) is 0. The van der Waals surface area contributed by atoms with E-state index in [1.54, 1.807) is 13.2 Å². The Bertz CT molecular complexity index is 479. The third kappa shape index (κ3) is 5.29. The average Bonchev–Trinajstić information content (AvgIpc) is 2.25. The minimum absolute atomic E-state index is 0.296. The summed E-state index contributed by atoms with van der Waals surface area (Å²) in [5.74, 6) is 1.10. The highest BCUT2D eigenvalue weighted by Crippen LogP contribution is 2.19. The van der Waals surface area contributed by atoms with Crippen molar-refractivity contribution >= 4 is 37.7 Å². The van der Waals surface area contributed by atoms with Crippen LogP contribution in [-0.2, 0) is 10.0 Å². The summed E-state index contributed by atoms with van der Waals surface area (Å²) < 4.78 is 24.7. The molecule has 0 saturated carbocycles. The summed E-state index contributed by atoms with van der Waals surface area (Å²) in [6.07, 6.45) is 2.73. The first-order valence-corrected chi connectivity index (χ1v) is 7.49. The van der Waals surface area contributed by atoms with E-state index in [2.05, 4.69) is 41.3 Å². The Hall–Kier alpha value is -0.930. The second kappa shape index (κ2) is 6.12. The van der Waals surface area contributed by atoms with Crippen LogP contribution in [0.15, 0.2) is 10.7 Å². The third-order valence-electron chi connectivity index (χ3n) is 1.75. The molecule has 0 aliphatic rings. The molecule has 0 unspecified atom stereocenters. The highest BCUT2D eigenvalue weighted by molar-refractivity contribution is 9.10. The van der Waals surface area contributed by atoms with E-state index < -0.39 is 10.0 Å². The summed E-state index contributed by atoms with van der Waals surface area (Å²) in [5, 5.41) is 5.81. The van der Waals surface area contributed by atoms with Gasteiger partial charge >= 0.3 is 0 Å². The summed E-state index contributed by atoms with van der Waals surface area (Å²) in [7, 11) is -1.43. The fourth-order valence-corrected chi connectivity index (χ4v) is 1.83. The van der Waals surface area contributed by atoms with Crippen LogP contribution >= 0.6 is 15.9 Å². The number of halogens is 1. The van der Waals surface area contributed by atoms with E-state index in [4.69, 9.17) is 0 Å². The Kier molecular flexibility index (Phi) is 5.09. The molecule has 96 valence electrons. The van der Waals surface area contributed by atoms with Gasteiger partial charge in [0.15, 0.2) is 0 Å². The Labute approximate surface area is 109 Å². The van der Waals surface area contributed by atoms with Gasteiger partial charge in [0.05, 0.1) is 10.7 Å². The maximum atomic E-state index is 10.8. The van der Waals surface area contributed by atoms with Crippen LogP contribution in [0.25, 0.3) is 0 Å². The molecular weight excluding hydrogens is 310 g/mol. The van der Waals surface area contributed by atoms with Crippen LogP contribution in [0.4, 0.5) is 11.8 Å². The summed E-state index contributed by atoms with van der Waals surface area (Å²) in [4.78, 5) is 8.17. The van der Waals surface area contributed by atoms with E-state index in [-0.39, 0.29) is 0 Å². The molecule has 9 heteroatoms. The second-order valence-corrected chi connectivity index (χ2v) is 5.92. The average molecular weight is 324 g/mol. The molecule has 0 atom stereocenters. The fourth-order valence-electron chi connectivity index (χ4n) is 1.03. The zero-order chi connectivity index (χ0) is 12.9. The van der Waals surface area contributed by atoms with E-state index in [9.17, 15) is 8.42 Å². The maximum absolute atomic E-state index is 10.8. The van der Waals surface area contributed by atoms with Crippen LogP contribution in [-0.4, -0.2) is 44.8 Å². The SMILES string of the molecule is CNc1ncc(Br)c(NCCNS(C)(=O)=O)n1. The first-order valence-electron chi connectivity index (χ1n) is 4.81. The predicted octanol–water partition coefficient (Wildman–Crippen LogP) is 0.242. The lowest BCUT2D eigenvalue weighted by atomic mass is 10.5. The molecule has 3 N–H and O–H groups in total. The number of nitrogens with one attached hydrogen (secondary N) is 3. The van der Waals surface area contributed by atoms with Gasteiger partial charge in [-0.25, -0.2) is 18.1 Å². The fraction of sp³-hybridized carbons (Fsp3) is 0.500. The number of hydrogen-bond acceptors (Lipinski definition) is 6. The van der Waals surface area contributed by atoms with Crippen LogP contribution in [0.3, 0.4) is 0 Å². The number of aromatic nitrogens is 2. The minimum atomic E-state index is -3.15. The van der Waals surface area contributed by atoms with Crippen LogP contribution in [0, 0.1) is 0 Å². The largest absolute Gasteiger partial charge is 0.368 e. The molecule has 17 heavy (non-hydrogen) atoms. The van der Waals surface area contributed by atoms with Crippen molar-refractivity contribution in [3.8, 4) is 0 Å². The topological polar surface area (TPSA) is 96.0 Å². The molecule has 0 spiro atoms. The van der Waals surface area contributed by atoms with Gasteiger partial charge < -0.3 is 10.6 Å². The van der Waals surface area contributed by atoms with Crippen LogP contribution < -0.4 is 15.4 Å². The monoisotopic (exact) mass is 323 g/mol. The van der Waals surface area contributed by atoms with Crippen LogP contribution in [0.1, 0.15) is 0 Å². The molecule has 1 aromatic heterocycles. The first kappa shape index (κ1) is 14.1. The van der Waals surface area contributed by atoms with Crippen molar-refractivity contribution in [2.45, 2.75) is 0 Å². The molecule has 1 rings (SSSR count). The van der Waals surface area contributed by atoms with Crippen molar-refractivity contribution in [2.75, 3.05) is 37.0 Å².